The molecule has 3 rings (SSSR count). The summed E-state index contributed by atoms with van der Waals surface area (Å²) in [5, 5.41) is 20.9. The third kappa shape index (κ3) is 1.96. The Morgan fingerprint density at radius 1 is 1.24 bits per heavy atom. The van der Waals surface area contributed by atoms with Gasteiger partial charge in [0.1, 0.15) is 17.4 Å². The second kappa shape index (κ2) is 3.86. The zero-order valence-corrected chi connectivity index (χ0v) is 9.76. The number of hydrogen-bond donors (Lipinski definition) is 2. The highest BCUT2D eigenvalue weighted by molar-refractivity contribution is 5.78. The van der Waals surface area contributed by atoms with Gasteiger partial charge in [-0.1, -0.05) is 11.6 Å². The molecule has 1 heterocycles. The Kier molecular flexibility index (Phi) is 2.45. The van der Waals surface area contributed by atoms with Crippen molar-refractivity contribution < 1.29 is 14.6 Å². The normalized spacial score (nSPS) is 19.5. The molecule has 17 heavy (non-hydrogen) atoms. The van der Waals surface area contributed by atoms with Gasteiger partial charge in [-0.25, -0.2) is 0 Å². The average molecular weight is 232 g/mol. The SMILES string of the molecule is Cc1ccc2oc(C(O)C(O)C3CC3)cc2c1. The van der Waals surface area contributed by atoms with E-state index in [2.05, 4.69) is 0 Å². The Morgan fingerprint density at radius 2 is 2.00 bits per heavy atom. The molecule has 1 fully saturated rings. The maximum Gasteiger partial charge on any atom is 0.138 e. The van der Waals surface area contributed by atoms with Gasteiger partial charge in [-0.3, -0.25) is 0 Å². The first-order valence-electron chi connectivity index (χ1n) is 6.01. The molecule has 0 spiro atoms. The van der Waals surface area contributed by atoms with E-state index in [1.54, 1.807) is 0 Å². The van der Waals surface area contributed by atoms with Crippen LogP contribution in [-0.4, -0.2) is 16.3 Å². The first-order chi connectivity index (χ1) is 8.15. The van der Waals surface area contributed by atoms with Gasteiger partial charge in [-0.2, -0.15) is 0 Å². The molecule has 0 aliphatic heterocycles. The van der Waals surface area contributed by atoms with Gasteiger partial charge in [0.15, 0.2) is 0 Å². The maximum atomic E-state index is 10.0. The lowest BCUT2D eigenvalue weighted by Crippen LogP contribution is -2.19. The van der Waals surface area contributed by atoms with Crippen LogP contribution in [0, 0.1) is 12.8 Å². The predicted octanol–water partition coefficient (Wildman–Crippen LogP) is 2.55. The van der Waals surface area contributed by atoms with Crippen molar-refractivity contribution in [2.24, 2.45) is 5.92 Å². The lowest BCUT2D eigenvalue weighted by Gasteiger charge is -2.14. The van der Waals surface area contributed by atoms with Crippen LogP contribution in [0.25, 0.3) is 11.0 Å². The van der Waals surface area contributed by atoms with Crippen molar-refractivity contribution in [3.05, 3.63) is 35.6 Å². The van der Waals surface area contributed by atoms with Crippen molar-refractivity contribution in [3.8, 4) is 0 Å². The second-order valence-corrected chi connectivity index (χ2v) is 4.96. The van der Waals surface area contributed by atoms with E-state index in [0.29, 0.717) is 5.76 Å². The second-order valence-electron chi connectivity index (χ2n) is 4.96. The number of benzene rings is 1. The van der Waals surface area contributed by atoms with Crippen molar-refractivity contribution in [3.63, 3.8) is 0 Å². The topological polar surface area (TPSA) is 53.6 Å². The van der Waals surface area contributed by atoms with Crippen LogP contribution in [0.1, 0.15) is 30.3 Å². The maximum absolute atomic E-state index is 10.0. The average Bonchev–Trinajstić information content (AvgIpc) is 3.07. The van der Waals surface area contributed by atoms with Gasteiger partial charge in [-0.05, 0) is 43.9 Å². The van der Waals surface area contributed by atoms with Crippen LogP contribution in [0.15, 0.2) is 28.7 Å². The lowest BCUT2D eigenvalue weighted by atomic mass is 10.1. The van der Waals surface area contributed by atoms with Crippen LogP contribution in [0.3, 0.4) is 0 Å². The van der Waals surface area contributed by atoms with E-state index in [1.807, 2.05) is 31.2 Å². The van der Waals surface area contributed by atoms with E-state index in [9.17, 15) is 10.2 Å². The fourth-order valence-corrected chi connectivity index (χ4v) is 2.19. The van der Waals surface area contributed by atoms with Gasteiger partial charge in [0.25, 0.3) is 0 Å². The molecular formula is C14H16O3. The molecule has 90 valence electrons. The Balaban J connectivity index is 1.94. The molecule has 1 aliphatic carbocycles. The van der Waals surface area contributed by atoms with Crippen LogP contribution >= 0.6 is 0 Å². The number of furan rings is 1. The molecule has 2 N–H and O–H groups in total. The lowest BCUT2D eigenvalue weighted by molar-refractivity contribution is -0.00632. The Labute approximate surface area is 99.7 Å². The van der Waals surface area contributed by atoms with Crippen molar-refractivity contribution in [2.45, 2.75) is 32.0 Å². The van der Waals surface area contributed by atoms with E-state index in [0.717, 1.165) is 29.4 Å². The molecule has 0 amide bonds. The highest BCUT2D eigenvalue weighted by atomic mass is 16.4. The first-order valence-corrected chi connectivity index (χ1v) is 6.01. The van der Waals surface area contributed by atoms with Gasteiger partial charge >= 0.3 is 0 Å². The molecule has 3 nitrogen and oxygen atoms in total. The minimum absolute atomic E-state index is 0.236. The Hall–Kier alpha value is -1.32. The number of aliphatic hydroxyl groups is 2. The monoisotopic (exact) mass is 232 g/mol. The smallest absolute Gasteiger partial charge is 0.138 e. The third-order valence-corrected chi connectivity index (χ3v) is 3.41. The van der Waals surface area contributed by atoms with Gasteiger partial charge in [-0.15, -0.1) is 0 Å². The summed E-state index contributed by atoms with van der Waals surface area (Å²) in [5.41, 5.74) is 1.91. The largest absolute Gasteiger partial charge is 0.458 e. The summed E-state index contributed by atoms with van der Waals surface area (Å²) < 4.78 is 5.57. The number of aliphatic hydroxyl groups excluding tert-OH is 2. The van der Waals surface area contributed by atoms with Crippen LogP contribution in [0.5, 0.6) is 0 Å². The van der Waals surface area contributed by atoms with Crippen molar-refractivity contribution in [1.82, 2.24) is 0 Å². The minimum Gasteiger partial charge on any atom is -0.458 e. The fraction of sp³-hybridized carbons (Fsp3) is 0.429. The highest BCUT2D eigenvalue weighted by Gasteiger charge is 2.36. The zero-order valence-electron chi connectivity index (χ0n) is 9.76. The summed E-state index contributed by atoms with van der Waals surface area (Å²) in [7, 11) is 0. The summed E-state index contributed by atoms with van der Waals surface area (Å²) in [6, 6.07) is 7.70. The summed E-state index contributed by atoms with van der Waals surface area (Å²) >= 11 is 0. The summed E-state index contributed by atoms with van der Waals surface area (Å²) in [6.07, 6.45) is 0.390. The molecular weight excluding hydrogens is 216 g/mol. The van der Waals surface area contributed by atoms with Gasteiger partial charge in [0.05, 0.1) is 6.10 Å². The number of fused-ring (bicyclic) bond motifs is 1. The highest BCUT2D eigenvalue weighted by Crippen LogP contribution is 2.39. The van der Waals surface area contributed by atoms with Crippen LogP contribution in [0.2, 0.25) is 0 Å². The molecule has 0 saturated heterocycles. The van der Waals surface area contributed by atoms with Crippen LogP contribution in [-0.2, 0) is 0 Å². The van der Waals surface area contributed by atoms with E-state index >= 15 is 0 Å². The van der Waals surface area contributed by atoms with Crippen molar-refractivity contribution in [2.75, 3.05) is 0 Å². The number of hydrogen-bond acceptors (Lipinski definition) is 3. The number of rotatable bonds is 3. The molecule has 1 aliphatic rings. The van der Waals surface area contributed by atoms with E-state index in [4.69, 9.17) is 4.42 Å². The van der Waals surface area contributed by atoms with Gasteiger partial charge < -0.3 is 14.6 Å². The molecule has 1 aromatic heterocycles. The van der Waals surface area contributed by atoms with E-state index in [-0.39, 0.29) is 5.92 Å². The van der Waals surface area contributed by atoms with Gasteiger partial charge in [0, 0.05) is 5.39 Å². The zero-order chi connectivity index (χ0) is 12.0. The minimum atomic E-state index is -0.907. The molecule has 2 atom stereocenters. The first kappa shape index (κ1) is 10.8. The van der Waals surface area contributed by atoms with Crippen LogP contribution < -0.4 is 0 Å². The molecule has 2 aromatic rings. The number of aryl methyl sites for hydroxylation is 1. The Morgan fingerprint density at radius 3 is 2.71 bits per heavy atom. The van der Waals surface area contributed by atoms with E-state index in [1.165, 1.54) is 0 Å². The molecule has 0 radical (unpaired) electrons. The van der Waals surface area contributed by atoms with Crippen molar-refractivity contribution >= 4 is 11.0 Å². The van der Waals surface area contributed by atoms with Crippen LogP contribution in [0.4, 0.5) is 0 Å². The molecule has 3 heteroatoms. The third-order valence-electron chi connectivity index (χ3n) is 3.41. The van der Waals surface area contributed by atoms with Gasteiger partial charge in [0.2, 0.25) is 0 Å². The molecule has 1 saturated carbocycles. The molecule has 2 unspecified atom stereocenters. The van der Waals surface area contributed by atoms with E-state index < -0.39 is 12.2 Å². The molecule has 1 aromatic carbocycles. The summed E-state index contributed by atoms with van der Waals surface area (Å²) in [6.45, 7) is 2.02. The molecule has 0 bridgehead atoms. The predicted molar refractivity (Wildman–Crippen MR) is 64.6 cm³/mol. The standard InChI is InChI=1S/C14H16O3/c1-8-2-5-11-10(6-8)7-12(17-11)14(16)13(15)9-3-4-9/h2,5-7,9,13-16H,3-4H2,1H3. The fourth-order valence-electron chi connectivity index (χ4n) is 2.19. The quantitative estimate of drug-likeness (QED) is 0.855. The Bertz CT molecular complexity index is 539. The summed E-state index contributed by atoms with van der Waals surface area (Å²) in [4.78, 5) is 0. The summed E-state index contributed by atoms with van der Waals surface area (Å²) in [5.74, 6) is 0.699. The van der Waals surface area contributed by atoms with Crippen molar-refractivity contribution in [1.29, 1.82) is 0 Å².